The van der Waals surface area contributed by atoms with Crippen LogP contribution in [0.15, 0.2) is 54.8 Å². The van der Waals surface area contributed by atoms with Crippen molar-refractivity contribution >= 4 is 11.9 Å². The van der Waals surface area contributed by atoms with Crippen molar-refractivity contribution in [2.45, 2.75) is 70.6 Å². The topological polar surface area (TPSA) is 76.1 Å². The van der Waals surface area contributed by atoms with E-state index < -0.39 is 5.97 Å². The van der Waals surface area contributed by atoms with E-state index in [9.17, 15) is 14.7 Å². The van der Waals surface area contributed by atoms with Crippen LogP contribution in [0.4, 0.5) is 0 Å². The maximum absolute atomic E-state index is 11.7. The van der Waals surface area contributed by atoms with Gasteiger partial charge in [0.2, 0.25) is 5.91 Å². The monoisotopic (exact) mass is 495 g/mol. The summed E-state index contributed by atoms with van der Waals surface area (Å²) in [4.78, 5) is 24.6. The highest BCUT2D eigenvalue weighted by molar-refractivity contribution is 5.75. The van der Waals surface area contributed by atoms with E-state index in [1.54, 1.807) is 32.4 Å². The van der Waals surface area contributed by atoms with Crippen LogP contribution in [-0.4, -0.2) is 43.1 Å². The zero-order valence-corrected chi connectivity index (χ0v) is 22.0. The van der Waals surface area contributed by atoms with Gasteiger partial charge in [0.05, 0.1) is 13.4 Å². The Morgan fingerprint density at radius 3 is 2.33 bits per heavy atom. The van der Waals surface area contributed by atoms with Gasteiger partial charge in [-0.05, 0) is 92.3 Å². The molecule has 0 aliphatic rings. The number of amides is 1. The maximum atomic E-state index is 11.7. The van der Waals surface area contributed by atoms with Gasteiger partial charge in [-0.2, -0.15) is 0 Å². The van der Waals surface area contributed by atoms with Crippen LogP contribution in [0.5, 0.6) is 11.5 Å². The van der Waals surface area contributed by atoms with Gasteiger partial charge in [0.15, 0.2) is 0 Å². The molecule has 0 fully saturated rings. The zero-order valence-electron chi connectivity index (χ0n) is 22.0. The molecule has 0 aliphatic heterocycles. The number of nitrogens with zero attached hydrogens (tertiary/aromatic N) is 1. The average Bonchev–Trinajstić information content (AvgIpc) is 2.87. The summed E-state index contributed by atoms with van der Waals surface area (Å²) in [7, 11) is 5.23. The van der Waals surface area contributed by atoms with Crippen molar-refractivity contribution in [3.05, 3.63) is 71.5 Å². The Kier molecular flexibility index (Phi) is 13.2. The van der Waals surface area contributed by atoms with Crippen LogP contribution in [0.1, 0.15) is 68.1 Å². The van der Waals surface area contributed by atoms with E-state index in [1.807, 2.05) is 30.3 Å². The number of aryl methyl sites for hydroxylation is 2. The highest BCUT2D eigenvalue weighted by Gasteiger charge is 2.12. The lowest BCUT2D eigenvalue weighted by atomic mass is 9.96. The van der Waals surface area contributed by atoms with E-state index in [2.05, 4.69) is 18.2 Å². The first kappa shape index (κ1) is 29.0. The number of carboxylic acid groups (broad SMARTS) is 1. The highest BCUT2D eigenvalue weighted by Crippen LogP contribution is 2.26. The summed E-state index contributed by atoms with van der Waals surface area (Å²) in [6.45, 7) is 0. The fourth-order valence-corrected chi connectivity index (χ4v) is 4.04. The number of hydrogen-bond acceptors (Lipinski definition) is 4. The number of ether oxygens (including phenoxy) is 2. The molecule has 196 valence electrons. The fourth-order valence-electron chi connectivity index (χ4n) is 4.04. The van der Waals surface area contributed by atoms with Gasteiger partial charge in [-0.1, -0.05) is 30.7 Å². The van der Waals surface area contributed by atoms with E-state index in [0.717, 1.165) is 74.0 Å². The summed E-state index contributed by atoms with van der Waals surface area (Å²) in [6.07, 6.45) is 12.6. The Hall–Kier alpha value is -3.28. The number of rotatable bonds is 17. The van der Waals surface area contributed by atoms with Crippen LogP contribution in [0.25, 0.3) is 0 Å². The van der Waals surface area contributed by atoms with E-state index in [-0.39, 0.29) is 12.3 Å². The van der Waals surface area contributed by atoms with Gasteiger partial charge < -0.3 is 19.5 Å². The highest BCUT2D eigenvalue weighted by atomic mass is 16.5. The molecule has 2 rings (SSSR count). The number of carbonyl (C=O) groups is 2. The number of unbranched alkanes of at least 4 members (excludes halogenated alkanes) is 4. The van der Waals surface area contributed by atoms with Crippen molar-refractivity contribution in [2.75, 3.05) is 21.2 Å². The average molecular weight is 496 g/mol. The predicted molar refractivity (Wildman–Crippen MR) is 144 cm³/mol. The lowest BCUT2D eigenvalue weighted by Crippen LogP contribution is -2.21. The summed E-state index contributed by atoms with van der Waals surface area (Å²) < 4.78 is 11.1. The molecule has 0 heterocycles. The van der Waals surface area contributed by atoms with Gasteiger partial charge in [-0.25, -0.2) is 0 Å². The second-order valence-corrected chi connectivity index (χ2v) is 9.22. The number of benzene rings is 2. The first-order valence-corrected chi connectivity index (χ1v) is 12.9. The molecule has 0 aromatic heterocycles. The van der Waals surface area contributed by atoms with Crippen LogP contribution in [0.3, 0.4) is 0 Å². The van der Waals surface area contributed by atoms with Crippen LogP contribution in [0.2, 0.25) is 0 Å². The van der Waals surface area contributed by atoms with E-state index >= 15 is 0 Å². The van der Waals surface area contributed by atoms with Gasteiger partial charge in [0, 0.05) is 26.9 Å². The largest absolute Gasteiger partial charge is 0.497 e. The van der Waals surface area contributed by atoms with Crippen LogP contribution in [-0.2, 0) is 28.9 Å². The number of hydrogen-bond donors (Lipinski definition) is 1. The first-order valence-electron chi connectivity index (χ1n) is 12.9. The van der Waals surface area contributed by atoms with Gasteiger partial charge in [-0.3, -0.25) is 9.59 Å². The van der Waals surface area contributed by atoms with Gasteiger partial charge in [0.25, 0.3) is 0 Å². The fraction of sp³-hybridized carbons (Fsp3) is 0.467. The number of carboxylic acids is 1. The Balaban J connectivity index is 1.83. The number of methoxy groups -OCH3 is 1. The number of carbonyl (C=O) groups excluding carboxylic acids is 1. The van der Waals surface area contributed by atoms with E-state index in [4.69, 9.17) is 9.47 Å². The summed E-state index contributed by atoms with van der Waals surface area (Å²) in [5.41, 5.74) is 3.40. The molecule has 0 aliphatic carbocycles. The summed E-state index contributed by atoms with van der Waals surface area (Å²) in [6, 6.07) is 14.1. The van der Waals surface area contributed by atoms with E-state index in [0.29, 0.717) is 12.8 Å². The van der Waals surface area contributed by atoms with Crippen molar-refractivity contribution in [2.24, 2.45) is 0 Å². The number of aliphatic carboxylic acids is 1. The minimum absolute atomic E-state index is 0.0692. The molecule has 2 aromatic carbocycles. The Labute approximate surface area is 215 Å². The minimum atomic E-state index is -0.814. The molecular weight excluding hydrogens is 454 g/mol. The Morgan fingerprint density at radius 2 is 1.64 bits per heavy atom. The van der Waals surface area contributed by atoms with Gasteiger partial charge in [-0.15, -0.1) is 0 Å². The quantitative estimate of drug-likeness (QED) is 0.209. The molecule has 0 bridgehead atoms. The van der Waals surface area contributed by atoms with Crippen LogP contribution in [0, 0.1) is 0 Å². The number of allylic oxidation sites excluding steroid dienone is 1. The third kappa shape index (κ3) is 11.0. The second-order valence-electron chi connectivity index (χ2n) is 9.22. The van der Waals surface area contributed by atoms with Crippen molar-refractivity contribution in [1.29, 1.82) is 0 Å². The molecular formula is C30H41NO5. The lowest BCUT2D eigenvalue weighted by Gasteiger charge is -2.14. The molecule has 6 heteroatoms. The predicted octanol–water partition coefficient (Wildman–Crippen LogP) is 6.21. The third-order valence-corrected chi connectivity index (χ3v) is 6.19. The van der Waals surface area contributed by atoms with Crippen molar-refractivity contribution < 1.29 is 24.2 Å². The van der Waals surface area contributed by atoms with Crippen LogP contribution < -0.4 is 9.47 Å². The maximum Gasteiger partial charge on any atom is 0.303 e. The molecule has 1 amide bonds. The first-order chi connectivity index (χ1) is 17.4. The summed E-state index contributed by atoms with van der Waals surface area (Å²) in [5.74, 6) is 0.943. The summed E-state index contributed by atoms with van der Waals surface area (Å²) in [5, 5.41) is 9.21. The van der Waals surface area contributed by atoms with Gasteiger partial charge >= 0.3 is 5.97 Å². The molecule has 0 spiro atoms. The molecule has 0 saturated heterocycles. The van der Waals surface area contributed by atoms with Crippen molar-refractivity contribution in [3.63, 3.8) is 0 Å². The van der Waals surface area contributed by atoms with Crippen LogP contribution >= 0.6 is 0 Å². The molecule has 6 nitrogen and oxygen atoms in total. The molecule has 0 atom stereocenters. The molecule has 0 unspecified atom stereocenters. The summed E-state index contributed by atoms with van der Waals surface area (Å²) >= 11 is 0. The molecule has 0 radical (unpaired) electrons. The smallest absolute Gasteiger partial charge is 0.303 e. The molecule has 36 heavy (non-hydrogen) atoms. The van der Waals surface area contributed by atoms with Crippen molar-refractivity contribution in [3.8, 4) is 11.5 Å². The third-order valence-electron chi connectivity index (χ3n) is 6.19. The standard InChI is InChI=1S/C30H41NO5/c1-31(2)29(32)16-9-6-8-13-25-14-11-15-28(27(25)21-22-30(33)34)36-23-10-5-4-7-12-24-17-19-26(35-3)20-18-24/h10-11,14-15,17-20,23H,4-9,12-13,16,21-22H2,1-3H3,(H,33,34). The Bertz CT molecular complexity index is 966. The van der Waals surface area contributed by atoms with Gasteiger partial charge in [0.1, 0.15) is 11.5 Å². The van der Waals surface area contributed by atoms with Crippen molar-refractivity contribution in [1.82, 2.24) is 4.90 Å². The lowest BCUT2D eigenvalue weighted by molar-refractivity contribution is -0.137. The molecule has 1 N–H and O–H groups in total. The minimum Gasteiger partial charge on any atom is -0.497 e. The second kappa shape index (κ2) is 16.4. The SMILES string of the molecule is COc1ccc(CCCCC=COc2cccc(CCCCCC(=O)N(C)C)c2CCC(=O)O)cc1. The zero-order chi connectivity index (χ0) is 26.2. The molecule has 2 aromatic rings. The normalized spacial score (nSPS) is 11.0. The Morgan fingerprint density at radius 1 is 0.889 bits per heavy atom. The van der Waals surface area contributed by atoms with E-state index in [1.165, 1.54) is 5.56 Å². The molecule has 0 saturated carbocycles.